The molecule has 1 aliphatic rings. The number of hydrogen-bond donors (Lipinski definition) is 1. The van der Waals surface area contributed by atoms with Crippen LogP contribution in [0, 0.1) is 0 Å². The normalized spacial score (nSPS) is 16.5. The van der Waals surface area contributed by atoms with Crippen molar-refractivity contribution in [2.75, 3.05) is 11.9 Å². The standard InChI is InChI=1S/C18H15ClN4O2S2/c19-11-4-1-5-12(10-11)20-15(24)17-22-21-16(27-17)13-6-2-8-23(13)18(25)14-7-3-9-26-14/h1,3-5,7,9-10,13H,2,6,8H2,(H,20,24)/t13-/m1/s1. The van der Waals surface area contributed by atoms with E-state index in [0.717, 1.165) is 12.8 Å². The molecule has 6 nitrogen and oxygen atoms in total. The smallest absolute Gasteiger partial charge is 0.286 e. The van der Waals surface area contributed by atoms with Crippen LogP contribution in [0.3, 0.4) is 0 Å². The highest BCUT2D eigenvalue weighted by Crippen LogP contribution is 2.35. The summed E-state index contributed by atoms with van der Waals surface area (Å²) in [6.07, 6.45) is 1.73. The zero-order valence-electron chi connectivity index (χ0n) is 14.1. The van der Waals surface area contributed by atoms with E-state index < -0.39 is 0 Å². The lowest BCUT2D eigenvalue weighted by Crippen LogP contribution is -2.29. The number of anilines is 1. The van der Waals surface area contributed by atoms with Gasteiger partial charge in [0.1, 0.15) is 5.01 Å². The van der Waals surface area contributed by atoms with Gasteiger partial charge in [-0.2, -0.15) is 0 Å². The first-order chi connectivity index (χ1) is 13.1. The average Bonchev–Trinajstić information content (AvgIpc) is 3.41. The molecule has 2 aromatic heterocycles. The molecule has 0 radical (unpaired) electrons. The van der Waals surface area contributed by atoms with Crippen LogP contribution < -0.4 is 5.32 Å². The van der Waals surface area contributed by atoms with Crippen LogP contribution in [0.2, 0.25) is 5.02 Å². The molecule has 0 aliphatic carbocycles. The van der Waals surface area contributed by atoms with Gasteiger partial charge in [0.05, 0.1) is 10.9 Å². The Morgan fingerprint density at radius 2 is 2.11 bits per heavy atom. The second-order valence-electron chi connectivity index (χ2n) is 6.04. The summed E-state index contributed by atoms with van der Waals surface area (Å²) in [5.41, 5.74) is 0.597. The maximum absolute atomic E-state index is 12.7. The number of carbonyl (C=O) groups excluding carboxylic acids is 2. The van der Waals surface area contributed by atoms with Gasteiger partial charge in [-0.1, -0.05) is 35.1 Å². The second kappa shape index (κ2) is 7.75. The zero-order chi connectivity index (χ0) is 18.8. The van der Waals surface area contributed by atoms with E-state index in [2.05, 4.69) is 15.5 Å². The lowest BCUT2D eigenvalue weighted by atomic mass is 10.2. The number of hydrogen-bond acceptors (Lipinski definition) is 6. The number of aromatic nitrogens is 2. The minimum absolute atomic E-state index is 0.00706. The number of likely N-dealkylation sites (tertiary alicyclic amines) is 1. The van der Waals surface area contributed by atoms with Crippen molar-refractivity contribution >= 4 is 51.8 Å². The van der Waals surface area contributed by atoms with E-state index in [-0.39, 0.29) is 22.9 Å². The van der Waals surface area contributed by atoms with E-state index in [1.54, 1.807) is 24.3 Å². The summed E-state index contributed by atoms with van der Waals surface area (Å²) in [5.74, 6) is -0.331. The molecule has 0 unspecified atom stereocenters. The summed E-state index contributed by atoms with van der Waals surface area (Å²) < 4.78 is 0. The van der Waals surface area contributed by atoms with E-state index in [4.69, 9.17) is 11.6 Å². The predicted molar refractivity (Wildman–Crippen MR) is 107 cm³/mol. The molecule has 0 spiro atoms. The average molecular weight is 419 g/mol. The number of halogens is 1. The molecule has 0 saturated carbocycles. The highest BCUT2D eigenvalue weighted by Gasteiger charge is 2.34. The Hall–Kier alpha value is -2.29. The molecular formula is C18H15ClN4O2S2. The molecular weight excluding hydrogens is 404 g/mol. The summed E-state index contributed by atoms with van der Waals surface area (Å²) in [6.45, 7) is 0.686. The molecule has 1 aliphatic heterocycles. The minimum Gasteiger partial charge on any atom is -0.328 e. The molecule has 2 amide bonds. The molecule has 0 bridgehead atoms. The molecule has 4 rings (SSSR count). The van der Waals surface area contributed by atoms with Crippen molar-refractivity contribution in [3.63, 3.8) is 0 Å². The van der Waals surface area contributed by atoms with Crippen molar-refractivity contribution in [3.05, 3.63) is 61.7 Å². The summed E-state index contributed by atoms with van der Waals surface area (Å²) in [7, 11) is 0. The fraction of sp³-hybridized carbons (Fsp3) is 0.222. The Kier molecular flexibility index (Phi) is 5.20. The first kappa shape index (κ1) is 18.1. The highest BCUT2D eigenvalue weighted by molar-refractivity contribution is 7.13. The van der Waals surface area contributed by atoms with E-state index >= 15 is 0 Å². The largest absolute Gasteiger partial charge is 0.328 e. The van der Waals surface area contributed by atoms with Gasteiger partial charge in [0, 0.05) is 17.3 Å². The van der Waals surface area contributed by atoms with E-state index in [1.807, 2.05) is 22.4 Å². The van der Waals surface area contributed by atoms with Crippen LogP contribution in [-0.2, 0) is 0 Å². The Balaban J connectivity index is 1.49. The Morgan fingerprint density at radius 3 is 2.89 bits per heavy atom. The van der Waals surface area contributed by atoms with Gasteiger partial charge in [-0.3, -0.25) is 9.59 Å². The Bertz CT molecular complexity index is 973. The minimum atomic E-state index is -0.338. The quantitative estimate of drug-likeness (QED) is 0.677. The fourth-order valence-corrected chi connectivity index (χ4v) is 4.78. The molecule has 3 aromatic rings. The van der Waals surface area contributed by atoms with Crippen molar-refractivity contribution in [2.45, 2.75) is 18.9 Å². The third-order valence-electron chi connectivity index (χ3n) is 4.25. The molecule has 138 valence electrons. The van der Waals surface area contributed by atoms with Gasteiger partial charge >= 0.3 is 0 Å². The van der Waals surface area contributed by atoms with Crippen LogP contribution in [0.1, 0.15) is 43.4 Å². The summed E-state index contributed by atoms with van der Waals surface area (Å²) in [4.78, 5) is 27.7. The van der Waals surface area contributed by atoms with E-state index in [0.29, 0.717) is 27.1 Å². The Labute approximate surface area is 168 Å². The molecule has 1 N–H and O–H groups in total. The molecule has 1 saturated heterocycles. The third-order valence-corrected chi connectivity index (χ3v) is 6.36. The number of nitrogens with zero attached hydrogens (tertiary/aromatic N) is 3. The lowest BCUT2D eigenvalue weighted by molar-refractivity contribution is 0.0740. The number of carbonyl (C=O) groups is 2. The molecule has 1 aromatic carbocycles. The predicted octanol–water partition coefficient (Wildman–Crippen LogP) is 4.48. The van der Waals surface area contributed by atoms with Gasteiger partial charge in [0.25, 0.3) is 11.8 Å². The van der Waals surface area contributed by atoms with Crippen LogP contribution in [0.25, 0.3) is 0 Å². The number of nitrogens with one attached hydrogen (secondary N) is 1. The van der Waals surface area contributed by atoms with Crippen LogP contribution in [0.5, 0.6) is 0 Å². The number of benzene rings is 1. The van der Waals surface area contributed by atoms with Crippen LogP contribution in [0.15, 0.2) is 41.8 Å². The number of amides is 2. The summed E-state index contributed by atoms with van der Waals surface area (Å²) in [6, 6.07) is 10.5. The van der Waals surface area contributed by atoms with Gasteiger partial charge in [0.2, 0.25) is 5.01 Å². The number of thiophene rings is 1. The monoisotopic (exact) mass is 418 g/mol. The fourth-order valence-electron chi connectivity index (χ4n) is 3.02. The molecule has 3 heterocycles. The van der Waals surface area contributed by atoms with Crippen LogP contribution in [-0.4, -0.2) is 33.5 Å². The van der Waals surface area contributed by atoms with E-state index in [9.17, 15) is 9.59 Å². The second-order valence-corrected chi connectivity index (χ2v) is 8.44. The van der Waals surface area contributed by atoms with Crippen LogP contribution >= 0.6 is 34.3 Å². The summed E-state index contributed by atoms with van der Waals surface area (Å²) >= 11 is 8.59. The maximum Gasteiger partial charge on any atom is 0.286 e. The zero-order valence-corrected chi connectivity index (χ0v) is 16.5. The SMILES string of the molecule is O=C(Nc1cccc(Cl)c1)c1nnc([C@H]2CCCN2C(=O)c2cccs2)s1. The van der Waals surface area contributed by atoms with Crippen molar-refractivity contribution in [2.24, 2.45) is 0 Å². The first-order valence-corrected chi connectivity index (χ1v) is 10.4. The molecule has 27 heavy (non-hydrogen) atoms. The van der Waals surface area contributed by atoms with E-state index in [1.165, 1.54) is 22.7 Å². The maximum atomic E-state index is 12.7. The summed E-state index contributed by atoms with van der Waals surface area (Å²) in [5, 5.41) is 14.4. The van der Waals surface area contributed by atoms with Crippen molar-refractivity contribution in [1.82, 2.24) is 15.1 Å². The molecule has 1 fully saturated rings. The first-order valence-electron chi connectivity index (χ1n) is 8.36. The van der Waals surface area contributed by atoms with Crippen LogP contribution in [0.4, 0.5) is 5.69 Å². The van der Waals surface area contributed by atoms with Gasteiger partial charge < -0.3 is 10.2 Å². The van der Waals surface area contributed by atoms with Crippen molar-refractivity contribution in [3.8, 4) is 0 Å². The van der Waals surface area contributed by atoms with Crippen molar-refractivity contribution < 1.29 is 9.59 Å². The Morgan fingerprint density at radius 1 is 1.22 bits per heavy atom. The van der Waals surface area contributed by atoms with Gasteiger partial charge in [-0.25, -0.2) is 0 Å². The molecule has 1 atom stereocenters. The lowest BCUT2D eigenvalue weighted by Gasteiger charge is -2.21. The van der Waals surface area contributed by atoms with Gasteiger partial charge in [-0.15, -0.1) is 21.5 Å². The van der Waals surface area contributed by atoms with Gasteiger partial charge in [-0.05, 0) is 42.5 Å². The molecule has 9 heteroatoms. The third kappa shape index (κ3) is 3.87. The topological polar surface area (TPSA) is 75.2 Å². The number of rotatable bonds is 4. The van der Waals surface area contributed by atoms with Gasteiger partial charge in [0.15, 0.2) is 0 Å². The van der Waals surface area contributed by atoms with Crippen molar-refractivity contribution in [1.29, 1.82) is 0 Å². The highest BCUT2D eigenvalue weighted by atomic mass is 35.5.